The van der Waals surface area contributed by atoms with Gasteiger partial charge in [0.2, 0.25) is 0 Å². The predicted octanol–water partition coefficient (Wildman–Crippen LogP) is 4.44. The van der Waals surface area contributed by atoms with Crippen LogP contribution in [-0.4, -0.2) is 10.3 Å². The molecule has 2 rings (SSSR count). The molecular formula is C17H19N5O2S2. The molecule has 0 aliphatic carbocycles. The van der Waals surface area contributed by atoms with E-state index in [-0.39, 0.29) is 16.0 Å². The summed E-state index contributed by atoms with van der Waals surface area (Å²) in [5, 5.41) is 17.7. The molecule has 2 aromatic rings. The standard InChI is InChI=1S/C17H19N5O2S2/c1-10-2-3-11(8-25-16(18)19)14(6-10)24-15-7-13(22-23)5-4-12(15)9-26-17(20)21/h2-7H,8-9H2,1H3,(H3,18,19)(H3,20,21). The van der Waals surface area contributed by atoms with Gasteiger partial charge >= 0.3 is 0 Å². The van der Waals surface area contributed by atoms with Crippen molar-refractivity contribution in [1.29, 1.82) is 10.8 Å². The fourth-order valence-corrected chi connectivity index (χ4v) is 3.22. The summed E-state index contributed by atoms with van der Waals surface area (Å²) in [6.07, 6.45) is 0. The van der Waals surface area contributed by atoms with Crippen LogP contribution in [0.3, 0.4) is 0 Å². The lowest BCUT2D eigenvalue weighted by Crippen LogP contribution is -2.05. The van der Waals surface area contributed by atoms with Crippen molar-refractivity contribution < 1.29 is 4.74 Å². The van der Waals surface area contributed by atoms with E-state index in [1.54, 1.807) is 18.2 Å². The SMILES string of the molecule is Cc1ccc(CSC(=N)N)c(Oc2cc(N=O)ccc2CSC(=N)N)c1. The van der Waals surface area contributed by atoms with Crippen LogP contribution in [0.15, 0.2) is 41.6 Å². The van der Waals surface area contributed by atoms with Gasteiger partial charge in [-0.25, -0.2) is 0 Å². The second-order valence-electron chi connectivity index (χ2n) is 5.40. The maximum Gasteiger partial charge on any atom is 0.151 e. The molecule has 2 aromatic carbocycles. The molecule has 0 amide bonds. The van der Waals surface area contributed by atoms with Crippen molar-refractivity contribution in [2.75, 3.05) is 0 Å². The lowest BCUT2D eigenvalue weighted by Gasteiger charge is -2.15. The van der Waals surface area contributed by atoms with Gasteiger partial charge in [-0.05, 0) is 29.8 Å². The minimum atomic E-state index is 0.00245. The summed E-state index contributed by atoms with van der Waals surface area (Å²) in [5.41, 5.74) is 13.8. The number of thioether (sulfide) groups is 2. The molecule has 0 fully saturated rings. The summed E-state index contributed by atoms with van der Waals surface area (Å²) in [6.45, 7) is 1.95. The number of ether oxygens (including phenoxy) is 1. The first-order valence-electron chi connectivity index (χ1n) is 7.56. The van der Waals surface area contributed by atoms with Gasteiger partial charge in [-0.1, -0.05) is 41.7 Å². The van der Waals surface area contributed by atoms with Crippen molar-refractivity contribution in [3.63, 3.8) is 0 Å². The monoisotopic (exact) mass is 389 g/mol. The van der Waals surface area contributed by atoms with E-state index >= 15 is 0 Å². The quantitative estimate of drug-likeness (QED) is 0.314. The number of nitrogens with one attached hydrogen (secondary N) is 2. The van der Waals surface area contributed by atoms with Crippen molar-refractivity contribution in [2.45, 2.75) is 18.4 Å². The summed E-state index contributed by atoms with van der Waals surface area (Å²) in [4.78, 5) is 10.9. The fraction of sp³-hybridized carbons (Fsp3) is 0.176. The molecule has 0 unspecified atom stereocenters. The second-order valence-corrected chi connectivity index (χ2v) is 7.44. The normalized spacial score (nSPS) is 10.3. The summed E-state index contributed by atoms with van der Waals surface area (Å²) in [7, 11) is 0. The molecule has 0 bridgehead atoms. The van der Waals surface area contributed by atoms with Gasteiger partial charge < -0.3 is 16.2 Å². The van der Waals surface area contributed by atoms with Gasteiger partial charge in [0.05, 0.1) is 0 Å². The van der Waals surface area contributed by atoms with E-state index in [9.17, 15) is 4.91 Å². The van der Waals surface area contributed by atoms with Gasteiger partial charge in [0.25, 0.3) is 0 Å². The molecular weight excluding hydrogens is 370 g/mol. The number of amidine groups is 2. The zero-order valence-electron chi connectivity index (χ0n) is 14.1. The number of aryl methyl sites for hydroxylation is 1. The molecule has 26 heavy (non-hydrogen) atoms. The third-order valence-electron chi connectivity index (χ3n) is 3.37. The Bertz CT molecular complexity index is 842. The van der Waals surface area contributed by atoms with Gasteiger partial charge in [-0.15, -0.1) is 4.91 Å². The third-order valence-corrected chi connectivity index (χ3v) is 4.90. The third kappa shape index (κ3) is 5.78. The van der Waals surface area contributed by atoms with Gasteiger partial charge in [0.1, 0.15) is 17.2 Å². The summed E-state index contributed by atoms with van der Waals surface area (Å²) >= 11 is 2.37. The van der Waals surface area contributed by atoms with Crippen LogP contribution in [-0.2, 0) is 11.5 Å². The molecule has 0 atom stereocenters. The Labute approximate surface area is 159 Å². The van der Waals surface area contributed by atoms with Gasteiger partial charge in [0, 0.05) is 28.7 Å². The van der Waals surface area contributed by atoms with Crippen LogP contribution in [0.5, 0.6) is 11.5 Å². The van der Waals surface area contributed by atoms with Crippen molar-refractivity contribution in [1.82, 2.24) is 0 Å². The Kier molecular flexibility index (Phi) is 7.05. The summed E-state index contributed by atoms with van der Waals surface area (Å²) in [6, 6.07) is 10.7. The minimum Gasteiger partial charge on any atom is -0.457 e. The summed E-state index contributed by atoms with van der Waals surface area (Å²) < 4.78 is 6.08. The predicted molar refractivity (Wildman–Crippen MR) is 110 cm³/mol. The van der Waals surface area contributed by atoms with E-state index in [2.05, 4.69) is 5.18 Å². The van der Waals surface area contributed by atoms with Crippen molar-refractivity contribution >= 4 is 39.5 Å². The van der Waals surface area contributed by atoms with E-state index in [1.807, 2.05) is 25.1 Å². The van der Waals surface area contributed by atoms with Crippen LogP contribution in [0, 0.1) is 22.6 Å². The molecule has 0 heterocycles. The van der Waals surface area contributed by atoms with Gasteiger partial charge in [0.15, 0.2) is 10.3 Å². The van der Waals surface area contributed by atoms with Crippen LogP contribution >= 0.6 is 23.5 Å². The highest BCUT2D eigenvalue weighted by molar-refractivity contribution is 8.13. The van der Waals surface area contributed by atoms with E-state index in [1.165, 1.54) is 23.5 Å². The smallest absolute Gasteiger partial charge is 0.151 e. The molecule has 0 spiro atoms. The Hall–Kier alpha value is -2.52. The van der Waals surface area contributed by atoms with Crippen LogP contribution in [0.2, 0.25) is 0 Å². The highest BCUT2D eigenvalue weighted by Gasteiger charge is 2.12. The number of nitroso groups, excluding NO2 is 1. The number of rotatable bonds is 7. The Morgan fingerprint density at radius 1 is 1.00 bits per heavy atom. The zero-order chi connectivity index (χ0) is 19.1. The average molecular weight is 390 g/mol. The fourth-order valence-electron chi connectivity index (χ4n) is 2.12. The van der Waals surface area contributed by atoms with Gasteiger partial charge in [-0.3, -0.25) is 10.8 Å². The molecule has 0 saturated heterocycles. The number of nitrogens with zero attached hydrogens (tertiary/aromatic N) is 1. The van der Waals surface area contributed by atoms with Crippen LogP contribution in [0.4, 0.5) is 5.69 Å². The van der Waals surface area contributed by atoms with Gasteiger partial charge in [-0.2, -0.15) is 0 Å². The first-order valence-corrected chi connectivity index (χ1v) is 9.53. The first kappa shape index (κ1) is 19.8. The number of hydrogen-bond acceptors (Lipinski definition) is 7. The maximum atomic E-state index is 10.9. The molecule has 0 saturated carbocycles. The Morgan fingerprint density at radius 2 is 1.54 bits per heavy atom. The molecule has 136 valence electrons. The van der Waals surface area contributed by atoms with E-state index in [0.29, 0.717) is 23.0 Å². The minimum absolute atomic E-state index is 0.00245. The number of benzene rings is 2. The van der Waals surface area contributed by atoms with E-state index < -0.39 is 0 Å². The second kappa shape index (κ2) is 9.25. The summed E-state index contributed by atoms with van der Waals surface area (Å²) in [5.74, 6) is 2.03. The number of hydrogen-bond donors (Lipinski definition) is 4. The molecule has 0 aromatic heterocycles. The van der Waals surface area contributed by atoms with Crippen LogP contribution < -0.4 is 16.2 Å². The average Bonchev–Trinajstić information content (AvgIpc) is 2.59. The first-order chi connectivity index (χ1) is 12.4. The largest absolute Gasteiger partial charge is 0.457 e. The van der Waals surface area contributed by atoms with E-state index in [4.69, 9.17) is 27.0 Å². The lowest BCUT2D eigenvalue weighted by atomic mass is 10.1. The topological polar surface area (TPSA) is 138 Å². The molecule has 9 heteroatoms. The van der Waals surface area contributed by atoms with Crippen LogP contribution in [0.1, 0.15) is 16.7 Å². The van der Waals surface area contributed by atoms with Crippen LogP contribution in [0.25, 0.3) is 0 Å². The van der Waals surface area contributed by atoms with Crippen molar-refractivity contribution in [2.24, 2.45) is 16.6 Å². The Balaban J connectivity index is 2.36. The highest BCUT2D eigenvalue weighted by Crippen LogP contribution is 2.35. The Morgan fingerprint density at radius 3 is 2.08 bits per heavy atom. The molecule has 0 radical (unpaired) electrons. The molecule has 7 nitrogen and oxygen atoms in total. The highest BCUT2D eigenvalue weighted by atomic mass is 32.2. The lowest BCUT2D eigenvalue weighted by molar-refractivity contribution is 0.474. The number of nitrogens with two attached hydrogens (primary N) is 2. The molecule has 0 aliphatic heterocycles. The zero-order valence-corrected chi connectivity index (χ0v) is 15.7. The van der Waals surface area contributed by atoms with Crippen molar-refractivity contribution in [3.05, 3.63) is 58.0 Å². The molecule has 0 aliphatic rings. The molecule has 6 N–H and O–H groups in total. The maximum absolute atomic E-state index is 10.9. The van der Waals surface area contributed by atoms with E-state index in [0.717, 1.165) is 16.7 Å². The van der Waals surface area contributed by atoms with Crippen molar-refractivity contribution in [3.8, 4) is 11.5 Å².